The van der Waals surface area contributed by atoms with Gasteiger partial charge in [-0.3, -0.25) is 24.9 Å². The van der Waals surface area contributed by atoms with E-state index in [1.165, 1.54) is 59.2 Å². The molecule has 21 rings (SSSR count). The number of anilines is 5. The van der Waals surface area contributed by atoms with Gasteiger partial charge in [0.25, 0.3) is 0 Å². The number of aryl methyl sites for hydroxylation is 5. The molecule has 0 radical (unpaired) electrons. The first-order valence-electron chi connectivity index (χ1n) is 40.7. The van der Waals surface area contributed by atoms with Gasteiger partial charge in [-0.15, -0.1) is 0 Å². The topological polar surface area (TPSA) is 163 Å². The van der Waals surface area contributed by atoms with Gasteiger partial charge < -0.3 is 71.1 Å². The first-order chi connectivity index (χ1) is 55.7. The summed E-state index contributed by atoms with van der Waals surface area (Å²) in [6.45, 7) is 35.0. The normalized spacial score (nSPS) is 18.7. The minimum atomic E-state index is 0.264. The molecule has 0 bridgehead atoms. The number of furan rings is 5. The van der Waals surface area contributed by atoms with Crippen LogP contribution in [0, 0.1) is 40.5 Å². The van der Waals surface area contributed by atoms with E-state index in [0.29, 0.717) is 24.2 Å². The Kier molecular flexibility index (Phi) is 20.2. The highest BCUT2D eigenvalue weighted by Gasteiger charge is 2.36. The monoisotopic (exact) mass is 1530 g/mol. The highest BCUT2D eigenvalue weighted by atomic mass is 16.3. The van der Waals surface area contributed by atoms with Crippen LogP contribution >= 0.6 is 0 Å². The maximum Gasteiger partial charge on any atom is 0.161 e. The summed E-state index contributed by atoms with van der Waals surface area (Å²) < 4.78 is 30.8. The average molecular weight is 1530 g/mol. The number of benzene rings is 5. The molecule has 5 atom stereocenters. The number of pyridine rings is 5. The van der Waals surface area contributed by atoms with E-state index in [-0.39, 0.29) is 24.7 Å². The zero-order valence-electron chi connectivity index (χ0n) is 68.8. The van der Waals surface area contributed by atoms with Crippen molar-refractivity contribution in [2.75, 3.05) is 44.6 Å². The Morgan fingerprint density at radius 1 is 0.348 bits per heavy atom. The van der Waals surface area contributed by atoms with Crippen LogP contribution in [0.1, 0.15) is 123 Å². The van der Waals surface area contributed by atoms with Gasteiger partial charge in [0, 0.05) is 152 Å². The Hall–Kier alpha value is -12.5. The third-order valence-electron chi connectivity index (χ3n) is 24.0. The predicted octanol–water partition coefficient (Wildman–Crippen LogP) is 22.8. The molecule has 588 valence electrons. The maximum absolute atomic E-state index is 6.23. The molecule has 115 heavy (non-hydrogen) atoms. The molecule has 5 aliphatic heterocycles. The van der Waals surface area contributed by atoms with Crippen LogP contribution in [0.3, 0.4) is 0 Å². The standard InChI is InChI=1S/C21H23N3O.C20H23N3O.C19H21N3O.C18H19N3O.C17H17N3O/c1-14-9-10-17-19-18(8-5-11-22-19)25-21(17)20(14)24-13-12-23(15(24)2)16-6-3-4-7-16;1-13(2)12-22-10-11-23(15(22)4)19-14(3)7-8-16-18-17(24-20(16)19)6-5-9-21-18;1-12(2)21-10-11-22(14(21)4)18-13(3)7-8-15-17-16(23-19(15)18)6-5-9-20-17;1-4-20-10-11-21(13(20)3)17-12(2)7-8-14-16-15(22-18(14)17)6-5-9-19-16;1-11-6-7-13-15-14(5-4-8-18-15)21-17(13)16(11)20-10-9-19(3)12(20)2/h5,8-13,15-16H,3-4,6-7H2,1-2H3;5-11,13,15H,12H2,1-4H3;5-12,14H,1-4H3;5-11,13H,4H2,1-3H3;4-10,12H,1-3H3/t2*15-;14-;13-;12-/m00000/s1. The number of nitrogens with zero attached hydrogens (tertiary/aromatic N) is 15. The highest BCUT2D eigenvalue weighted by molar-refractivity contribution is 6.12. The Bertz CT molecular complexity index is 6310. The molecule has 0 unspecified atom stereocenters. The van der Waals surface area contributed by atoms with Crippen LogP contribution in [-0.2, 0) is 0 Å². The molecule has 0 amide bonds. The quantitative estimate of drug-likeness (QED) is 0.127. The molecule has 1 fully saturated rings. The van der Waals surface area contributed by atoms with Crippen molar-refractivity contribution in [1.82, 2.24) is 49.4 Å². The third kappa shape index (κ3) is 13.4. The molecule has 0 saturated heterocycles. The smallest absolute Gasteiger partial charge is 0.161 e. The lowest BCUT2D eigenvalue weighted by Crippen LogP contribution is -2.41. The number of fused-ring (bicyclic) bond motifs is 15. The summed E-state index contributed by atoms with van der Waals surface area (Å²) in [4.78, 5) is 45.7. The third-order valence-corrected chi connectivity index (χ3v) is 24.0. The number of aromatic nitrogens is 5. The molecule has 10 aromatic heterocycles. The van der Waals surface area contributed by atoms with E-state index in [1.54, 1.807) is 0 Å². The van der Waals surface area contributed by atoms with Crippen molar-refractivity contribution in [3.8, 4) is 0 Å². The van der Waals surface area contributed by atoms with Gasteiger partial charge in [0.1, 0.15) is 58.4 Å². The molecule has 1 aliphatic carbocycles. The van der Waals surface area contributed by atoms with E-state index >= 15 is 0 Å². The lowest BCUT2D eigenvalue weighted by molar-refractivity contribution is 0.237. The van der Waals surface area contributed by atoms with Crippen LogP contribution < -0.4 is 24.5 Å². The van der Waals surface area contributed by atoms with Crippen molar-refractivity contribution >= 4 is 139 Å². The zero-order valence-corrected chi connectivity index (χ0v) is 68.8. The summed E-state index contributed by atoms with van der Waals surface area (Å²) in [5.74, 6) is 0.629. The van der Waals surface area contributed by atoms with Crippen LogP contribution in [0.2, 0.25) is 0 Å². The van der Waals surface area contributed by atoms with E-state index in [4.69, 9.17) is 22.1 Å². The van der Waals surface area contributed by atoms with Crippen LogP contribution in [0.4, 0.5) is 28.4 Å². The largest absolute Gasteiger partial charge is 0.452 e. The summed E-state index contributed by atoms with van der Waals surface area (Å²) in [7, 11) is 2.08. The van der Waals surface area contributed by atoms with Crippen molar-refractivity contribution < 1.29 is 22.1 Å². The van der Waals surface area contributed by atoms with Gasteiger partial charge in [-0.2, -0.15) is 0 Å². The first-order valence-corrected chi connectivity index (χ1v) is 40.7. The van der Waals surface area contributed by atoms with Crippen LogP contribution in [0.25, 0.3) is 110 Å². The molecule has 15 heterocycles. The van der Waals surface area contributed by atoms with E-state index in [0.717, 1.165) is 146 Å². The second kappa shape index (κ2) is 30.8. The predicted molar refractivity (Wildman–Crippen MR) is 469 cm³/mol. The lowest BCUT2D eigenvalue weighted by atomic mass is 10.1. The Morgan fingerprint density at radius 3 is 0.965 bits per heavy atom. The molecule has 20 nitrogen and oxygen atoms in total. The minimum Gasteiger partial charge on any atom is -0.452 e. The maximum atomic E-state index is 6.23. The molecule has 20 heteroatoms. The van der Waals surface area contributed by atoms with E-state index in [9.17, 15) is 0 Å². The second-order valence-corrected chi connectivity index (χ2v) is 32.0. The second-order valence-electron chi connectivity index (χ2n) is 32.0. The Morgan fingerprint density at radius 2 is 0.652 bits per heavy atom. The Labute approximate surface area is 671 Å². The van der Waals surface area contributed by atoms with E-state index in [1.807, 2.05) is 91.6 Å². The molecule has 5 aromatic carbocycles. The molecule has 0 spiro atoms. The summed E-state index contributed by atoms with van der Waals surface area (Å²) in [5, 5.41) is 5.39. The van der Waals surface area contributed by atoms with E-state index in [2.05, 4.69) is 307 Å². The zero-order chi connectivity index (χ0) is 79.8. The van der Waals surface area contributed by atoms with Crippen LogP contribution in [-0.4, -0.2) is 112 Å². The van der Waals surface area contributed by atoms with Crippen LogP contribution in [0.5, 0.6) is 0 Å². The van der Waals surface area contributed by atoms with Gasteiger partial charge in [-0.05, 0) is 228 Å². The fourth-order valence-corrected chi connectivity index (χ4v) is 17.7. The minimum absolute atomic E-state index is 0.264. The highest BCUT2D eigenvalue weighted by Crippen LogP contribution is 2.46. The van der Waals surface area contributed by atoms with Gasteiger partial charge in [0.15, 0.2) is 55.8 Å². The van der Waals surface area contributed by atoms with Gasteiger partial charge >= 0.3 is 0 Å². The van der Waals surface area contributed by atoms with E-state index < -0.39 is 0 Å². The summed E-state index contributed by atoms with van der Waals surface area (Å²) in [6.07, 6.45) is 37.4. The SMILES string of the molecule is CCN1C=CN(c2c(C)ccc3c2oc2cccnc23)[C@H]1C.Cc1ccc2c(oc3cccnc32)c1N1C=CN(C(C)C)[C@@H]1C.Cc1ccc2c(oc3cccnc32)c1N1C=CN(C)[C@@H]1C.Cc1ccc2c(oc3cccnc32)c1N1C=CN(C2CCCC2)[C@@H]1C.Cc1ccc2c(oc3cccnc32)c1N1C=CN(CC(C)C)[C@@H]1C. The fourth-order valence-electron chi connectivity index (χ4n) is 17.7. The number of hydrogen-bond acceptors (Lipinski definition) is 20. The number of hydrogen-bond donors (Lipinski definition) is 0. The lowest BCUT2D eigenvalue weighted by Gasteiger charge is -2.34. The van der Waals surface area contributed by atoms with Crippen molar-refractivity contribution in [2.24, 2.45) is 5.92 Å². The summed E-state index contributed by atoms with van der Waals surface area (Å²) in [5.41, 5.74) is 25.3. The summed E-state index contributed by atoms with van der Waals surface area (Å²) >= 11 is 0. The van der Waals surface area contributed by atoms with Gasteiger partial charge in [-0.25, -0.2) is 0 Å². The van der Waals surface area contributed by atoms with Crippen molar-refractivity contribution in [2.45, 2.75) is 172 Å². The molecule has 15 aromatic rings. The fraction of sp³-hybridized carbons (Fsp3) is 0.316. The summed E-state index contributed by atoms with van der Waals surface area (Å²) in [6, 6.07) is 41.9. The average Bonchev–Trinajstić information content (AvgIpc) is 1.63. The molecule has 6 aliphatic rings. The van der Waals surface area contributed by atoms with Crippen molar-refractivity contribution in [1.29, 1.82) is 0 Å². The molecular formula is C95H103N15O5. The number of rotatable bonds is 10. The van der Waals surface area contributed by atoms with Gasteiger partial charge in [-0.1, -0.05) is 57.0 Å². The van der Waals surface area contributed by atoms with Crippen LogP contribution in [0.15, 0.2) is 236 Å². The van der Waals surface area contributed by atoms with Gasteiger partial charge in [0.2, 0.25) is 0 Å². The Balaban J connectivity index is 0.000000104. The molecular weight excluding hydrogens is 1430 g/mol. The molecule has 1 saturated carbocycles. The van der Waals surface area contributed by atoms with Crippen molar-refractivity contribution in [3.05, 3.63) is 242 Å². The first kappa shape index (κ1) is 75.2. The van der Waals surface area contributed by atoms with Gasteiger partial charge in [0.05, 0.1) is 28.4 Å². The molecule has 0 N–H and O–H groups in total. The van der Waals surface area contributed by atoms with Crippen molar-refractivity contribution in [3.63, 3.8) is 0 Å².